The Hall–Kier alpha value is -1.67. The summed E-state index contributed by atoms with van der Waals surface area (Å²) in [5, 5.41) is 9.42. The number of hydrogen-bond acceptors (Lipinski definition) is 1. The smallest absolute Gasteiger partial charge is 0.183 e. The maximum atomic E-state index is 9.42. The predicted molar refractivity (Wildman–Crippen MR) is 73.0 cm³/mol. The summed E-state index contributed by atoms with van der Waals surface area (Å²) in [5.74, 6) is 0.419. The third-order valence-electron chi connectivity index (χ3n) is 3.30. The fraction of sp³-hybridized carbons (Fsp3) is 0.312. The van der Waals surface area contributed by atoms with Crippen molar-refractivity contribution in [2.75, 3.05) is 6.61 Å². The molecule has 0 saturated heterocycles. The summed E-state index contributed by atoms with van der Waals surface area (Å²) in [6.45, 7) is 4.42. The Morgan fingerprint density at radius 3 is 2.00 bits per heavy atom. The second-order valence-electron chi connectivity index (χ2n) is 4.89. The number of rotatable bonds is 4. The van der Waals surface area contributed by atoms with Crippen LogP contribution in [0.5, 0.6) is 0 Å². The minimum absolute atomic E-state index is 0.148. The number of aliphatic hydroxyl groups excluding tert-OH is 1. The van der Waals surface area contributed by atoms with Gasteiger partial charge in [0.05, 0.1) is 0 Å². The van der Waals surface area contributed by atoms with Crippen LogP contribution in [0.2, 0.25) is 0 Å². The zero-order valence-electron chi connectivity index (χ0n) is 11.0. The highest BCUT2D eigenvalue weighted by Crippen LogP contribution is 2.17. The maximum Gasteiger partial charge on any atom is 0.183 e. The average Bonchev–Trinajstić information content (AvgIpc) is 2.41. The van der Waals surface area contributed by atoms with Crippen molar-refractivity contribution in [1.29, 1.82) is 0 Å². The first kappa shape index (κ1) is 12.8. The molecule has 2 aromatic rings. The Morgan fingerprint density at radius 2 is 1.50 bits per heavy atom. The molecule has 0 aliphatic carbocycles. The fourth-order valence-corrected chi connectivity index (χ4v) is 2.13. The molecule has 2 nitrogen and oxygen atoms in total. The van der Waals surface area contributed by atoms with E-state index in [0.717, 1.165) is 0 Å². The first-order chi connectivity index (χ1) is 8.72. The Balaban J connectivity index is 2.25. The van der Waals surface area contributed by atoms with Gasteiger partial charge in [-0.05, 0) is 11.1 Å². The molecule has 1 N–H and O–H groups in total. The quantitative estimate of drug-likeness (QED) is 0.819. The molecule has 18 heavy (non-hydrogen) atoms. The lowest BCUT2D eigenvalue weighted by atomic mass is 10.0. The van der Waals surface area contributed by atoms with Crippen molar-refractivity contribution < 1.29 is 9.67 Å². The Labute approximate surface area is 109 Å². The molecule has 0 radical (unpaired) electrons. The highest BCUT2D eigenvalue weighted by molar-refractivity contribution is 5.61. The van der Waals surface area contributed by atoms with Crippen molar-refractivity contribution in [3.8, 4) is 11.1 Å². The van der Waals surface area contributed by atoms with Crippen LogP contribution in [-0.4, -0.2) is 11.7 Å². The third-order valence-corrected chi connectivity index (χ3v) is 3.30. The van der Waals surface area contributed by atoms with Crippen molar-refractivity contribution in [3.63, 3.8) is 0 Å². The van der Waals surface area contributed by atoms with Crippen LogP contribution >= 0.6 is 0 Å². The summed E-state index contributed by atoms with van der Waals surface area (Å²) in [6, 6.07) is 14.7. The van der Waals surface area contributed by atoms with E-state index in [1.54, 1.807) is 0 Å². The van der Waals surface area contributed by atoms with Crippen LogP contribution in [0, 0.1) is 5.92 Å². The second-order valence-corrected chi connectivity index (χ2v) is 4.89. The summed E-state index contributed by atoms with van der Waals surface area (Å²) in [4.78, 5) is 0. The summed E-state index contributed by atoms with van der Waals surface area (Å²) in [7, 11) is 0. The zero-order chi connectivity index (χ0) is 13.0. The van der Waals surface area contributed by atoms with Gasteiger partial charge in [-0.1, -0.05) is 44.2 Å². The largest absolute Gasteiger partial charge is 0.389 e. The molecule has 1 aromatic heterocycles. The van der Waals surface area contributed by atoms with E-state index in [9.17, 15) is 5.11 Å². The predicted octanol–water partition coefficient (Wildman–Crippen LogP) is 2.83. The van der Waals surface area contributed by atoms with E-state index >= 15 is 0 Å². The highest BCUT2D eigenvalue weighted by Gasteiger charge is 2.21. The molecule has 0 amide bonds. The Kier molecular flexibility index (Phi) is 4.11. The van der Waals surface area contributed by atoms with E-state index < -0.39 is 0 Å². The molecule has 1 atom stereocenters. The number of nitrogens with zero attached hydrogens (tertiary/aromatic N) is 1. The highest BCUT2D eigenvalue weighted by atomic mass is 16.3. The lowest BCUT2D eigenvalue weighted by molar-refractivity contribution is -0.730. The molecule has 1 unspecified atom stereocenters. The van der Waals surface area contributed by atoms with E-state index in [1.807, 2.05) is 30.6 Å². The molecule has 0 aliphatic rings. The Morgan fingerprint density at radius 1 is 0.944 bits per heavy atom. The van der Waals surface area contributed by atoms with Gasteiger partial charge in [-0.15, -0.1) is 0 Å². The standard InChI is InChI=1S/C16H20NO/c1-13(2)16(12-18)17-10-8-15(9-11-17)14-6-4-3-5-7-14/h3-11,13,16,18H,12H2,1-2H3/q+1. The maximum absolute atomic E-state index is 9.42. The molecule has 94 valence electrons. The summed E-state index contributed by atoms with van der Waals surface area (Å²) >= 11 is 0. The lowest BCUT2D eigenvalue weighted by Gasteiger charge is -2.13. The third kappa shape index (κ3) is 2.77. The Bertz CT molecular complexity index is 476. The van der Waals surface area contributed by atoms with Crippen molar-refractivity contribution >= 4 is 0 Å². The van der Waals surface area contributed by atoms with Crippen molar-refractivity contribution in [2.45, 2.75) is 19.9 Å². The molecule has 1 heterocycles. The van der Waals surface area contributed by atoms with Crippen molar-refractivity contribution in [2.24, 2.45) is 5.92 Å². The number of benzene rings is 1. The van der Waals surface area contributed by atoms with Gasteiger partial charge in [0.25, 0.3) is 0 Å². The average molecular weight is 242 g/mol. The summed E-state index contributed by atoms with van der Waals surface area (Å²) < 4.78 is 2.08. The monoisotopic (exact) mass is 242 g/mol. The molecule has 0 aliphatic heterocycles. The SMILES string of the molecule is CC(C)C(CO)[n+]1ccc(-c2ccccc2)cc1. The van der Waals surface area contributed by atoms with Gasteiger partial charge in [-0.3, -0.25) is 0 Å². The van der Waals surface area contributed by atoms with E-state index in [-0.39, 0.29) is 12.6 Å². The molecule has 2 heteroatoms. The van der Waals surface area contributed by atoms with E-state index in [2.05, 4.69) is 42.7 Å². The van der Waals surface area contributed by atoms with Gasteiger partial charge in [-0.2, -0.15) is 4.57 Å². The van der Waals surface area contributed by atoms with Crippen LogP contribution in [0.25, 0.3) is 11.1 Å². The number of aliphatic hydroxyl groups is 1. The van der Waals surface area contributed by atoms with Crippen LogP contribution in [-0.2, 0) is 0 Å². The molecule has 0 spiro atoms. The lowest BCUT2D eigenvalue weighted by Crippen LogP contribution is -2.43. The van der Waals surface area contributed by atoms with Gasteiger partial charge in [0.2, 0.25) is 0 Å². The van der Waals surface area contributed by atoms with Gasteiger partial charge >= 0.3 is 0 Å². The van der Waals surface area contributed by atoms with Gasteiger partial charge in [0.1, 0.15) is 6.61 Å². The van der Waals surface area contributed by atoms with Gasteiger partial charge in [0.15, 0.2) is 18.4 Å². The van der Waals surface area contributed by atoms with Crippen LogP contribution in [0.4, 0.5) is 0 Å². The normalized spacial score (nSPS) is 12.7. The van der Waals surface area contributed by atoms with Crippen LogP contribution in [0.3, 0.4) is 0 Å². The molecular formula is C16H20NO+. The number of pyridine rings is 1. The molecule has 0 bridgehead atoms. The molecule has 0 saturated carbocycles. The molecular weight excluding hydrogens is 222 g/mol. The fourth-order valence-electron chi connectivity index (χ4n) is 2.13. The van der Waals surface area contributed by atoms with Crippen LogP contribution in [0.1, 0.15) is 19.9 Å². The van der Waals surface area contributed by atoms with E-state index in [1.165, 1.54) is 11.1 Å². The van der Waals surface area contributed by atoms with Crippen LogP contribution in [0.15, 0.2) is 54.9 Å². The number of aromatic nitrogens is 1. The van der Waals surface area contributed by atoms with Gasteiger partial charge in [0, 0.05) is 18.1 Å². The van der Waals surface area contributed by atoms with Crippen LogP contribution < -0.4 is 4.57 Å². The number of hydrogen-bond donors (Lipinski definition) is 1. The van der Waals surface area contributed by atoms with Gasteiger partial charge in [-0.25, -0.2) is 0 Å². The minimum atomic E-state index is 0.148. The molecule has 2 rings (SSSR count). The molecule has 0 fully saturated rings. The van der Waals surface area contributed by atoms with Gasteiger partial charge < -0.3 is 5.11 Å². The topological polar surface area (TPSA) is 24.1 Å². The molecule has 1 aromatic carbocycles. The van der Waals surface area contributed by atoms with E-state index in [4.69, 9.17) is 0 Å². The summed E-state index contributed by atoms with van der Waals surface area (Å²) in [5.41, 5.74) is 2.42. The van der Waals surface area contributed by atoms with Crippen molar-refractivity contribution in [3.05, 3.63) is 54.9 Å². The first-order valence-corrected chi connectivity index (χ1v) is 6.39. The second kappa shape index (κ2) is 5.78. The summed E-state index contributed by atoms with van der Waals surface area (Å²) in [6.07, 6.45) is 4.09. The van der Waals surface area contributed by atoms with E-state index in [0.29, 0.717) is 5.92 Å². The van der Waals surface area contributed by atoms with Crippen molar-refractivity contribution in [1.82, 2.24) is 0 Å². The first-order valence-electron chi connectivity index (χ1n) is 6.39. The minimum Gasteiger partial charge on any atom is -0.389 e. The zero-order valence-corrected chi connectivity index (χ0v) is 11.0.